The summed E-state index contributed by atoms with van der Waals surface area (Å²) in [6, 6.07) is 7.85. The largest absolute Gasteiger partial charge is 0.361 e. The number of halogens is 1. The van der Waals surface area contributed by atoms with Crippen molar-refractivity contribution in [2.45, 2.75) is 39.7 Å². The first kappa shape index (κ1) is 16.2. The van der Waals surface area contributed by atoms with Gasteiger partial charge in [-0.15, -0.1) is 0 Å². The molecular weight excluding hydrogens is 283 g/mol. The molecule has 0 bridgehead atoms. The fourth-order valence-electron chi connectivity index (χ4n) is 2.24. The van der Waals surface area contributed by atoms with Crippen LogP contribution in [0.5, 0.6) is 0 Å². The summed E-state index contributed by atoms with van der Waals surface area (Å²) in [4.78, 5) is 14.3. The summed E-state index contributed by atoms with van der Waals surface area (Å²) >= 11 is 0. The van der Waals surface area contributed by atoms with E-state index in [4.69, 9.17) is 4.52 Å². The molecule has 0 aliphatic heterocycles. The summed E-state index contributed by atoms with van der Waals surface area (Å²) in [6.45, 7) is 4.96. The summed E-state index contributed by atoms with van der Waals surface area (Å²) in [5.41, 5.74) is 1.21. The van der Waals surface area contributed by atoms with E-state index in [9.17, 15) is 9.18 Å². The van der Waals surface area contributed by atoms with E-state index in [0.717, 1.165) is 24.8 Å². The Balaban J connectivity index is 2.10. The molecule has 0 N–H and O–H groups in total. The van der Waals surface area contributed by atoms with Gasteiger partial charge in [0.05, 0.1) is 0 Å². The first-order valence-corrected chi connectivity index (χ1v) is 7.57. The number of hydrogen-bond acceptors (Lipinski definition) is 3. The molecule has 0 fully saturated rings. The second-order valence-corrected chi connectivity index (χ2v) is 5.38. The van der Waals surface area contributed by atoms with Gasteiger partial charge in [-0.05, 0) is 31.0 Å². The summed E-state index contributed by atoms with van der Waals surface area (Å²) in [7, 11) is 0. The second-order valence-electron chi connectivity index (χ2n) is 5.38. The molecule has 0 saturated carbocycles. The van der Waals surface area contributed by atoms with Crippen LogP contribution < -0.4 is 0 Å². The molecule has 1 heterocycles. The molecule has 2 rings (SSSR count). The van der Waals surface area contributed by atoms with E-state index in [1.165, 1.54) is 12.1 Å². The monoisotopic (exact) mass is 304 g/mol. The van der Waals surface area contributed by atoms with Gasteiger partial charge in [-0.1, -0.05) is 37.1 Å². The molecule has 0 saturated heterocycles. The average Bonchev–Trinajstić information content (AvgIpc) is 2.94. The van der Waals surface area contributed by atoms with Gasteiger partial charge in [-0.3, -0.25) is 4.79 Å². The summed E-state index contributed by atoms with van der Waals surface area (Å²) in [5, 5.41) is 3.79. The van der Waals surface area contributed by atoms with Gasteiger partial charge in [0.1, 0.15) is 11.6 Å². The van der Waals surface area contributed by atoms with Crippen molar-refractivity contribution in [1.82, 2.24) is 10.1 Å². The van der Waals surface area contributed by atoms with Crippen molar-refractivity contribution >= 4 is 5.91 Å². The van der Waals surface area contributed by atoms with E-state index in [1.54, 1.807) is 30.0 Å². The van der Waals surface area contributed by atoms with Gasteiger partial charge in [0.25, 0.3) is 5.91 Å². The fraction of sp³-hybridized carbons (Fsp3) is 0.412. The van der Waals surface area contributed by atoms with Gasteiger partial charge in [0, 0.05) is 19.2 Å². The highest BCUT2D eigenvalue weighted by Crippen LogP contribution is 2.13. The third-order valence-electron chi connectivity index (χ3n) is 3.45. The Morgan fingerprint density at radius 3 is 2.59 bits per heavy atom. The zero-order valence-electron chi connectivity index (χ0n) is 13.0. The quantitative estimate of drug-likeness (QED) is 0.727. The lowest BCUT2D eigenvalue weighted by atomic mass is 10.1. The molecule has 0 spiro atoms. The number of nitrogens with zero attached hydrogens (tertiary/aromatic N) is 2. The molecule has 0 atom stereocenters. The first-order valence-electron chi connectivity index (χ1n) is 7.57. The van der Waals surface area contributed by atoms with Crippen LogP contribution in [-0.2, 0) is 6.54 Å². The van der Waals surface area contributed by atoms with Gasteiger partial charge in [0.2, 0.25) is 0 Å². The lowest BCUT2D eigenvalue weighted by molar-refractivity contribution is 0.0729. The molecule has 118 valence electrons. The standard InChI is InChI=1S/C17H21FN2O2/c1-3-4-5-10-20(12-14-6-8-15(18)9-7-14)17(21)16-11-13(2)22-19-16/h6-9,11H,3-5,10,12H2,1-2H3. The Morgan fingerprint density at radius 1 is 1.27 bits per heavy atom. The average molecular weight is 304 g/mol. The smallest absolute Gasteiger partial charge is 0.276 e. The number of aromatic nitrogens is 1. The van der Waals surface area contributed by atoms with E-state index in [-0.39, 0.29) is 11.7 Å². The number of carbonyl (C=O) groups is 1. The molecule has 0 aliphatic carbocycles. The molecular formula is C17H21FN2O2. The van der Waals surface area contributed by atoms with Crippen molar-refractivity contribution in [3.05, 3.63) is 53.2 Å². The number of carbonyl (C=O) groups excluding carboxylic acids is 1. The third kappa shape index (κ3) is 4.41. The fourth-order valence-corrected chi connectivity index (χ4v) is 2.24. The van der Waals surface area contributed by atoms with E-state index in [2.05, 4.69) is 12.1 Å². The Hall–Kier alpha value is -2.17. The Morgan fingerprint density at radius 2 is 2.00 bits per heavy atom. The summed E-state index contributed by atoms with van der Waals surface area (Å²) < 4.78 is 18.0. The molecule has 22 heavy (non-hydrogen) atoms. The van der Waals surface area contributed by atoms with Crippen molar-refractivity contribution in [3.63, 3.8) is 0 Å². The molecule has 2 aromatic rings. The zero-order chi connectivity index (χ0) is 15.9. The van der Waals surface area contributed by atoms with Gasteiger partial charge in [-0.2, -0.15) is 0 Å². The van der Waals surface area contributed by atoms with E-state index in [0.29, 0.717) is 24.5 Å². The highest BCUT2D eigenvalue weighted by atomic mass is 19.1. The zero-order valence-corrected chi connectivity index (χ0v) is 13.0. The van der Waals surface area contributed by atoms with Gasteiger partial charge >= 0.3 is 0 Å². The molecule has 1 aromatic heterocycles. The van der Waals surface area contributed by atoms with Crippen LogP contribution in [0.25, 0.3) is 0 Å². The van der Waals surface area contributed by atoms with Gasteiger partial charge < -0.3 is 9.42 Å². The normalized spacial score (nSPS) is 10.7. The lowest BCUT2D eigenvalue weighted by Gasteiger charge is -2.21. The maximum atomic E-state index is 13.0. The van der Waals surface area contributed by atoms with Crippen LogP contribution in [0.2, 0.25) is 0 Å². The minimum Gasteiger partial charge on any atom is -0.361 e. The molecule has 1 aromatic carbocycles. The second kappa shape index (κ2) is 7.73. The predicted molar refractivity (Wildman–Crippen MR) is 81.9 cm³/mol. The molecule has 4 nitrogen and oxygen atoms in total. The van der Waals surface area contributed by atoms with Crippen LogP contribution in [0.3, 0.4) is 0 Å². The predicted octanol–water partition coefficient (Wildman–Crippen LogP) is 3.95. The number of benzene rings is 1. The van der Waals surface area contributed by atoms with E-state index < -0.39 is 0 Å². The Kier molecular flexibility index (Phi) is 5.69. The molecule has 1 amide bonds. The van der Waals surface area contributed by atoms with Crippen molar-refractivity contribution in [2.24, 2.45) is 0 Å². The minimum absolute atomic E-state index is 0.155. The van der Waals surface area contributed by atoms with E-state index in [1.807, 2.05) is 0 Å². The van der Waals surface area contributed by atoms with Crippen molar-refractivity contribution in [3.8, 4) is 0 Å². The van der Waals surface area contributed by atoms with Crippen LogP contribution in [0.1, 0.15) is 48.0 Å². The van der Waals surface area contributed by atoms with Crippen LogP contribution in [0.4, 0.5) is 4.39 Å². The lowest BCUT2D eigenvalue weighted by Crippen LogP contribution is -2.31. The third-order valence-corrected chi connectivity index (χ3v) is 3.45. The Bertz CT molecular complexity index is 607. The minimum atomic E-state index is -0.278. The molecule has 0 aliphatic rings. The highest BCUT2D eigenvalue weighted by molar-refractivity contribution is 5.92. The number of unbranched alkanes of at least 4 members (excludes halogenated alkanes) is 2. The van der Waals surface area contributed by atoms with Gasteiger partial charge in [-0.25, -0.2) is 4.39 Å². The SMILES string of the molecule is CCCCCN(Cc1ccc(F)cc1)C(=O)c1cc(C)on1. The topological polar surface area (TPSA) is 46.3 Å². The molecule has 0 unspecified atom stereocenters. The van der Waals surface area contributed by atoms with Crippen LogP contribution in [-0.4, -0.2) is 22.5 Å². The van der Waals surface area contributed by atoms with Crippen LogP contribution in [0.15, 0.2) is 34.9 Å². The number of hydrogen-bond donors (Lipinski definition) is 0. The number of amides is 1. The highest BCUT2D eigenvalue weighted by Gasteiger charge is 2.19. The van der Waals surface area contributed by atoms with Crippen LogP contribution in [0, 0.1) is 12.7 Å². The van der Waals surface area contributed by atoms with Gasteiger partial charge in [0.15, 0.2) is 5.69 Å². The van der Waals surface area contributed by atoms with Crippen molar-refractivity contribution in [1.29, 1.82) is 0 Å². The number of rotatable bonds is 7. The molecule has 0 radical (unpaired) electrons. The maximum absolute atomic E-state index is 13.0. The first-order chi connectivity index (χ1) is 10.6. The van der Waals surface area contributed by atoms with E-state index >= 15 is 0 Å². The summed E-state index contributed by atoms with van der Waals surface area (Å²) in [6.07, 6.45) is 3.08. The Labute approximate surface area is 129 Å². The van der Waals surface area contributed by atoms with Crippen LogP contribution >= 0.6 is 0 Å². The van der Waals surface area contributed by atoms with Crippen molar-refractivity contribution in [2.75, 3.05) is 6.54 Å². The maximum Gasteiger partial charge on any atom is 0.276 e. The summed E-state index contributed by atoms with van der Waals surface area (Å²) in [5.74, 6) is 0.177. The van der Waals surface area contributed by atoms with Crippen molar-refractivity contribution < 1.29 is 13.7 Å². The molecule has 5 heteroatoms. The number of aryl methyl sites for hydroxylation is 1.